The van der Waals surface area contributed by atoms with Crippen LogP contribution in [0.15, 0.2) is 35.9 Å². The number of aliphatic hydroxyl groups excluding tert-OH is 2. The van der Waals surface area contributed by atoms with Crippen molar-refractivity contribution in [1.29, 1.82) is 0 Å². The molecule has 1 aromatic carbocycles. The van der Waals surface area contributed by atoms with Gasteiger partial charge in [0.1, 0.15) is 18.0 Å². The SMILES string of the molecule is CC(=O)N(CC1CCCCC1)[C@@H]1CC(C(=O)NCCO)=C[C@H](Oc2ccccc2I)[C@H]1O. The first-order chi connectivity index (χ1) is 15.4. The van der Waals surface area contributed by atoms with Crippen molar-refractivity contribution in [1.82, 2.24) is 10.2 Å². The zero-order valence-electron chi connectivity index (χ0n) is 18.5. The number of hydrogen-bond donors (Lipinski definition) is 3. The molecule has 176 valence electrons. The second-order valence-electron chi connectivity index (χ2n) is 8.62. The molecule has 0 heterocycles. The van der Waals surface area contributed by atoms with Crippen LogP contribution < -0.4 is 10.1 Å². The number of halogens is 1. The van der Waals surface area contributed by atoms with Gasteiger partial charge in [0.15, 0.2) is 0 Å². The number of carbonyl (C=O) groups excluding carboxylic acids is 2. The van der Waals surface area contributed by atoms with E-state index in [2.05, 4.69) is 27.9 Å². The molecule has 0 bridgehead atoms. The van der Waals surface area contributed by atoms with E-state index in [1.807, 2.05) is 24.3 Å². The summed E-state index contributed by atoms with van der Waals surface area (Å²) in [5, 5.41) is 23.0. The molecular weight excluding hydrogens is 523 g/mol. The summed E-state index contributed by atoms with van der Waals surface area (Å²) >= 11 is 2.17. The lowest BCUT2D eigenvalue weighted by atomic mass is 9.85. The largest absolute Gasteiger partial charge is 0.482 e. The van der Waals surface area contributed by atoms with Crippen molar-refractivity contribution in [2.45, 2.75) is 63.7 Å². The Morgan fingerprint density at radius 3 is 2.59 bits per heavy atom. The van der Waals surface area contributed by atoms with E-state index in [4.69, 9.17) is 9.84 Å². The molecule has 2 aliphatic carbocycles. The average molecular weight is 556 g/mol. The maximum absolute atomic E-state index is 12.7. The molecule has 2 aliphatic rings. The fraction of sp³-hybridized carbons (Fsp3) is 0.583. The number of benzene rings is 1. The molecular formula is C24H33IN2O5. The maximum Gasteiger partial charge on any atom is 0.247 e. The highest BCUT2D eigenvalue weighted by atomic mass is 127. The predicted octanol–water partition coefficient (Wildman–Crippen LogP) is 2.64. The summed E-state index contributed by atoms with van der Waals surface area (Å²) in [6, 6.07) is 6.93. The smallest absolute Gasteiger partial charge is 0.247 e. The summed E-state index contributed by atoms with van der Waals surface area (Å²) in [5.41, 5.74) is 0.458. The van der Waals surface area contributed by atoms with E-state index in [9.17, 15) is 14.7 Å². The van der Waals surface area contributed by atoms with Crippen LogP contribution in [-0.4, -0.2) is 64.9 Å². The summed E-state index contributed by atoms with van der Waals surface area (Å²) in [5.74, 6) is 0.607. The van der Waals surface area contributed by atoms with Crippen LogP contribution in [0.25, 0.3) is 0 Å². The Bertz CT molecular complexity index is 824. The van der Waals surface area contributed by atoms with Gasteiger partial charge in [-0.15, -0.1) is 0 Å². The zero-order valence-corrected chi connectivity index (χ0v) is 20.7. The maximum atomic E-state index is 12.7. The predicted molar refractivity (Wildman–Crippen MR) is 130 cm³/mol. The van der Waals surface area contributed by atoms with Crippen LogP contribution in [0.1, 0.15) is 45.4 Å². The number of hydrogen-bond acceptors (Lipinski definition) is 5. The van der Waals surface area contributed by atoms with E-state index in [-0.39, 0.29) is 31.4 Å². The quantitative estimate of drug-likeness (QED) is 0.428. The molecule has 0 spiro atoms. The lowest BCUT2D eigenvalue weighted by Gasteiger charge is -2.42. The van der Waals surface area contributed by atoms with Gasteiger partial charge in [0.05, 0.1) is 16.2 Å². The van der Waals surface area contributed by atoms with Crippen LogP contribution in [0.5, 0.6) is 5.75 Å². The van der Waals surface area contributed by atoms with Gasteiger partial charge in [0, 0.05) is 32.0 Å². The fourth-order valence-corrected chi connectivity index (χ4v) is 5.13. The third-order valence-corrected chi connectivity index (χ3v) is 7.19. The Labute approximate surface area is 203 Å². The van der Waals surface area contributed by atoms with Gasteiger partial charge < -0.3 is 25.2 Å². The number of rotatable bonds is 8. The molecule has 7 nitrogen and oxygen atoms in total. The van der Waals surface area contributed by atoms with Gasteiger partial charge in [0.2, 0.25) is 11.8 Å². The van der Waals surface area contributed by atoms with Crippen molar-refractivity contribution in [3.8, 4) is 5.75 Å². The molecule has 3 atom stereocenters. The number of nitrogens with zero attached hydrogens (tertiary/aromatic N) is 1. The summed E-state index contributed by atoms with van der Waals surface area (Å²) in [6.07, 6.45) is 5.87. The van der Waals surface area contributed by atoms with E-state index in [0.29, 0.717) is 23.8 Å². The zero-order chi connectivity index (χ0) is 23.1. The number of ether oxygens (including phenoxy) is 1. The Kier molecular flexibility index (Phi) is 9.36. The van der Waals surface area contributed by atoms with Gasteiger partial charge >= 0.3 is 0 Å². The molecule has 0 unspecified atom stereocenters. The topological polar surface area (TPSA) is 99.1 Å². The van der Waals surface area contributed by atoms with Crippen molar-refractivity contribution in [2.24, 2.45) is 5.92 Å². The standard InChI is InChI=1S/C24H33IN2O5/c1-16(29)27(15-17-7-3-2-4-8-17)20-13-18(24(31)26-11-12-28)14-22(23(20)30)32-21-10-6-5-9-19(21)25/h5-6,9-10,14,17,20,22-23,28,30H,2-4,7-8,11-13,15H2,1H3,(H,26,31)/t20-,22+,23+/m1/s1. The number of nitrogens with one attached hydrogen (secondary N) is 1. The fourth-order valence-electron chi connectivity index (χ4n) is 4.61. The molecule has 0 aliphatic heterocycles. The first kappa shape index (κ1) is 25.0. The van der Waals surface area contributed by atoms with Crippen molar-refractivity contribution >= 4 is 34.4 Å². The van der Waals surface area contributed by atoms with Crippen LogP contribution in [0.2, 0.25) is 0 Å². The average Bonchev–Trinajstić information content (AvgIpc) is 2.79. The first-order valence-electron chi connectivity index (χ1n) is 11.4. The molecule has 0 aromatic heterocycles. The molecule has 1 aromatic rings. The van der Waals surface area contributed by atoms with E-state index in [1.54, 1.807) is 11.0 Å². The van der Waals surface area contributed by atoms with Crippen LogP contribution in [-0.2, 0) is 9.59 Å². The minimum atomic E-state index is -0.965. The summed E-state index contributed by atoms with van der Waals surface area (Å²) < 4.78 is 7.03. The molecule has 32 heavy (non-hydrogen) atoms. The molecule has 3 N–H and O–H groups in total. The van der Waals surface area contributed by atoms with E-state index >= 15 is 0 Å². The lowest BCUT2D eigenvalue weighted by molar-refractivity contribution is -0.137. The molecule has 8 heteroatoms. The monoisotopic (exact) mass is 556 g/mol. The molecule has 1 fully saturated rings. The second kappa shape index (κ2) is 12.0. The Morgan fingerprint density at radius 1 is 1.22 bits per heavy atom. The van der Waals surface area contributed by atoms with Gasteiger partial charge in [-0.1, -0.05) is 31.4 Å². The number of aliphatic hydroxyl groups is 2. The molecule has 0 saturated heterocycles. The van der Waals surface area contributed by atoms with E-state index < -0.39 is 18.2 Å². The van der Waals surface area contributed by atoms with Crippen LogP contribution in [0.4, 0.5) is 0 Å². The third-order valence-electron chi connectivity index (χ3n) is 6.30. The van der Waals surface area contributed by atoms with Gasteiger partial charge in [-0.25, -0.2) is 0 Å². The van der Waals surface area contributed by atoms with Crippen LogP contribution in [0, 0.1) is 9.49 Å². The third kappa shape index (κ3) is 6.45. The molecule has 2 amide bonds. The number of amides is 2. The van der Waals surface area contributed by atoms with E-state index in [1.165, 1.54) is 13.3 Å². The summed E-state index contributed by atoms with van der Waals surface area (Å²) in [4.78, 5) is 27.1. The number of carbonyl (C=O) groups is 2. The summed E-state index contributed by atoms with van der Waals surface area (Å²) in [7, 11) is 0. The highest BCUT2D eigenvalue weighted by Gasteiger charge is 2.40. The van der Waals surface area contributed by atoms with Crippen molar-refractivity contribution < 1.29 is 24.5 Å². The molecule has 1 saturated carbocycles. The Balaban J connectivity index is 1.87. The minimum Gasteiger partial charge on any atom is -0.482 e. The summed E-state index contributed by atoms with van der Waals surface area (Å²) in [6.45, 7) is 2.09. The Morgan fingerprint density at radius 2 is 1.94 bits per heavy atom. The first-order valence-corrected chi connectivity index (χ1v) is 12.4. The molecule has 0 radical (unpaired) electrons. The second-order valence-corrected chi connectivity index (χ2v) is 9.78. The normalized spacial score (nSPS) is 23.9. The minimum absolute atomic E-state index is 0.107. The van der Waals surface area contributed by atoms with Crippen LogP contribution in [0.3, 0.4) is 0 Å². The number of para-hydroxylation sites is 1. The highest BCUT2D eigenvalue weighted by Crippen LogP contribution is 2.32. The van der Waals surface area contributed by atoms with Crippen LogP contribution >= 0.6 is 22.6 Å². The van der Waals surface area contributed by atoms with Gasteiger partial charge in [-0.2, -0.15) is 0 Å². The Hall–Kier alpha value is -1.65. The van der Waals surface area contributed by atoms with Crippen molar-refractivity contribution in [2.75, 3.05) is 19.7 Å². The van der Waals surface area contributed by atoms with Gasteiger partial charge in [-0.05, 0) is 59.6 Å². The van der Waals surface area contributed by atoms with Crippen molar-refractivity contribution in [3.63, 3.8) is 0 Å². The van der Waals surface area contributed by atoms with Gasteiger partial charge in [0.25, 0.3) is 0 Å². The highest BCUT2D eigenvalue weighted by molar-refractivity contribution is 14.1. The van der Waals surface area contributed by atoms with E-state index in [0.717, 1.165) is 29.3 Å². The lowest BCUT2D eigenvalue weighted by Crippen LogP contribution is -2.55. The van der Waals surface area contributed by atoms with Crippen molar-refractivity contribution in [3.05, 3.63) is 39.5 Å². The van der Waals surface area contributed by atoms with Gasteiger partial charge in [-0.3, -0.25) is 9.59 Å². The molecule has 3 rings (SSSR count).